The van der Waals surface area contributed by atoms with Crippen LogP contribution in [0, 0.1) is 20.9 Å². The maximum absolute atomic E-state index is 12.7. The molecule has 0 spiro atoms. The predicted molar refractivity (Wildman–Crippen MR) is 66.3 cm³/mol. The minimum Gasteiger partial charge on any atom is -0.358 e. The molecule has 1 heterocycles. The van der Waals surface area contributed by atoms with E-state index in [1.54, 1.807) is 12.1 Å². The van der Waals surface area contributed by atoms with Gasteiger partial charge in [0.1, 0.15) is 0 Å². The fraction of sp³-hybridized carbons (Fsp3) is 0.0714. The summed E-state index contributed by atoms with van der Waals surface area (Å²) in [6.07, 6.45) is -2.93. The first-order chi connectivity index (χ1) is 7.59. The van der Waals surface area contributed by atoms with Crippen LogP contribution in [-0.4, -0.2) is 4.98 Å². The topological polar surface area (TPSA) is 12.9 Å². The van der Waals surface area contributed by atoms with Gasteiger partial charge in [-0.1, -0.05) is 12.1 Å². The molecule has 0 unspecified atom stereocenters. The van der Waals surface area contributed by atoms with Gasteiger partial charge in [0.2, 0.25) is 0 Å². The van der Waals surface area contributed by atoms with Crippen molar-refractivity contribution in [2.45, 2.75) is 6.18 Å². The molecule has 1 nitrogen and oxygen atoms in total. The number of benzene rings is 1. The quantitative estimate of drug-likeness (QED) is 0.589. The van der Waals surface area contributed by atoms with Crippen LogP contribution in [0.25, 0.3) is 11.3 Å². The molecule has 0 aliphatic heterocycles. The molecule has 5 heteroatoms. The second-order valence-corrected chi connectivity index (χ2v) is 3.17. The number of rotatable bonds is 1. The van der Waals surface area contributed by atoms with Crippen LogP contribution >= 0.6 is 0 Å². The summed E-state index contributed by atoms with van der Waals surface area (Å²) in [7, 11) is 0. The standard InChI is InChI=1S/C12H7F3N.2CH3.Pt/c13-12(14,15)10-6-2-1-5-9(10)11-7-3-4-8-16-11;;;/h1-4,6-8H;2*1H3;/q3*-1;. The van der Waals surface area contributed by atoms with Crippen molar-refractivity contribution in [3.05, 3.63) is 69.1 Å². The fourth-order valence-corrected chi connectivity index (χ4v) is 1.40. The third-order valence-electron chi connectivity index (χ3n) is 2.08. The average molecular weight is 447 g/mol. The van der Waals surface area contributed by atoms with Crippen LogP contribution < -0.4 is 0 Å². The van der Waals surface area contributed by atoms with Gasteiger partial charge >= 0.3 is 6.18 Å². The molecule has 19 heavy (non-hydrogen) atoms. The molecule has 0 bridgehead atoms. The molecule has 0 aliphatic carbocycles. The summed E-state index contributed by atoms with van der Waals surface area (Å²) in [6.45, 7) is 0. The minimum atomic E-state index is -4.38. The largest absolute Gasteiger partial charge is 0.381 e. The Morgan fingerprint density at radius 1 is 1.00 bits per heavy atom. The molecule has 2 rings (SSSR count). The van der Waals surface area contributed by atoms with E-state index in [0.29, 0.717) is 0 Å². The van der Waals surface area contributed by atoms with Crippen LogP contribution in [0.15, 0.2) is 42.6 Å². The molecule has 0 radical (unpaired) electrons. The molecule has 2 aromatic rings. The summed E-state index contributed by atoms with van der Waals surface area (Å²) in [5, 5.41) is 0. The third kappa shape index (κ3) is 4.79. The van der Waals surface area contributed by atoms with Crippen molar-refractivity contribution in [1.29, 1.82) is 0 Å². The van der Waals surface area contributed by atoms with Crippen LogP contribution in [0.1, 0.15) is 5.56 Å². The number of pyridine rings is 1. The molecule has 108 valence electrons. The van der Waals surface area contributed by atoms with Gasteiger partial charge in [-0.05, 0) is 17.3 Å². The molecule has 0 saturated heterocycles. The molecular formula is C14H13F3NPt-3. The van der Waals surface area contributed by atoms with E-state index in [1.807, 2.05) is 0 Å². The summed E-state index contributed by atoms with van der Waals surface area (Å²) in [4.78, 5) is 3.89. The van der Waals surface area contributed by atoms with Crippen molar-refractivity contribution in [3.8, 4) is 11.3 Å². The summed E-state index contributed by atoms with van der Waals surface area (Å²) in [5.41, 5.74) is -0.459. The van der Waals surface area contributed by atoms with Gasteiger partial charge < -0.3 is 19.8 Å². The number of aromatic nitrogens is 1. The number of alkyl halides is 3. The molecule has 0 amide bonds. The molecule has 0 fully saturated rings. The first-order valence-electron chi connectivity index (χ1n) is 4.58. The third-order valence-corrected chi connectivity index (χ3v) is 2.08. The molecule has 1 aromatic heterocycles. The van der Waals surface area contributed by atoms with Crippen molar-refractivity contribution in [2.24, 2.45) is 0 Å². The van der Waals surface area contributed by atoms with Crippen LogP contribution in [0.2, 0.25) is 0 Å². The van der Waals surface area contributed by atoms with Gasteiger partial charge in [0, 0.05) is 27.3 Å². The SMILES string of the molecule is FC(F)(F)c1ccc[c-]c1-c1ccccn1.[CH3-].[CH3-].[Pt]. The molecule has 0 saturated carbocycles. The normalized spacial score (nSPS) is 9.63. The molecule has 1 aromatic carbocycles. The van der Waals surface area contributed by atoms with E-state index in [-0.39, 0.29) is 47.2 Å². The Morgan fingerprint density at radius 3 is 2.21 bits per heavy atom. The summed E-state index contributed by atoms with van der Waals surface area (Å²) in [5.74, 6) is 0. The van der Waals surface area contributed by atoms with Gasteiger partial charge in [-0.3, -0.25) is 0 Å². The molecular weight excluding hydrogens is 434 g/mol. The Morgan fingerprint density at radius 2 is 1.68 bits per heavy atom. The predicted octanol–water partition coefficient (Wildman–Crippen LogP) is 4.47. The first kappa shape index (κ1) is 20.2. The number of hydrogen-bond acceptors (Lipinski definition) is 1. The van der Waals surface area contributed by atoms with Gasteiger partial charge in [0.25, 0.3) is 0 Å². The van der Waals surface area contributed by atoms with Gasteiger partial charge in [-0.2, -0.15) is 13.2 Å². The molecule has 0 atom stereocenters. The second-order valence-electron chi connectivity index (χ2n) is 3.17. The summed E-state index contributed by atoms with van der Waals surface area (Å²) in [6, 6.07) is 11.2. The fourth-order valence-electron chi connectivity index (χ4n) is 1.40. The van der Waals surface area contributed by atoms with Crippen molar-refractivity contribution >= 4 is 0 Å². The monoisotopic (exact) mass is 447 g/mol. The smallest absolute Gasteiger partial charge is 0.358 e. The summed E-state index contributed by atoms with van der Waals surface area (Å²) >= 11 is 0. The van der Waals surface area contributed by atoms with Crippen molar-refractivity contribution in [3.63, 3.8) is 0 Å². The Bertz CT molecular complexity index is 484. The second kappa shape index (κ2) is 8.11. The van der Waals surface area contributed by atoms with E-state index in [2.05, 4.69) is 11.1 Å². The Hall–Kier alpha value is -1.15. The van der Waals surface area contributed by atoms with Crippen LogP contribution in [0.4, 0.5) is 13.2 Å². The number of hydrogen-bond donors (Lipinski definition) is 0. The Kier molecular flexibility index (Phi) is 8.61. The van der Waals surface area contributed by atoms with Crippen molar-refractivity contribution < 1.29 is 34.2 Å². The van der Waals surface area contributed by atoms with E-state index in [0.717, 1.165) is 6.07 Å². The Labute approximate surface area is 126 Å². The van der Waals surface area contributed by atoms with E-state index in [1.165, 1.54) is 24.4 Å². The Balaban J connectivity index is 0. The van der Waals surface area contributed by atoms with E-state index in [9.17, 15) is 13.2 Å². The number of nitrogens with zero attached hydrogens (tertiary/aromatic N) is 1. The van der Waals surface area contributed by atoms with E-state index >= 15 is 0 Å². The minimum absolute atomic E-state index is 0. The van der Waals surface area contributed by atoms with Gasteiger partial charge in [-0.15, -0.1) is 29.8 Å². The first-order valence-corrected chi connectivity index (χ1v) is 4.58. The van der Waals surface area contributed by atoms with Crippen LogP contribution in [0.5, 0.6) is 0 Å². The molecule has 0 N–H and O–H groups in total. The summed E-state index contributed by atoms with van der Waals surface area (Å²) < 4.78 is 38.1. The van der Waals surface area contributed by atoms with Crippen molar-refractivity contribution in [2.75, 3.05) is 0 Å². The maximum Gasteiger partial charge on any atom is 0.381 e. The zero-order valence-electron chi connectivity index (χ0n) is 10.4. The zero-order chi connectivity index (χ0) is 11.6. The zero-order valence-corrected chi connectivity index (χ0v) is 12.7. The molecule has 0 aliphatic rings. The van der Waals surface area contributed by atoms with Crippen LogP contribution in [0.3, 0.4) is 0 Å². The van der Waals surface area contributed by atoms with Crippen LogP contribution in [-0.2, 0) is 27.2 Å². The average Bonchev–Trinajstić information content (AvgIpc) is 2.29. The maximum atomic E-state index is 12.7. The van der Waals surface area contributed by atoms with E-state index in [4.69, 9.17) is 0 Å². The van der Waals surface area contributed by atoms with Gasteiger partial charge in [0.15, 0.2) is 0 Å². The van der Waals surface area contributed by atoms with Gasteiger partial charge in [-0.25, -0.2) is 0 Å². The van der Waals surface area contributed by atoms with Crippen molar-refractivity contribution in [1.82, 2.24) is 4.98 Å². The van der Waals surface area contributed by atoms with E-state index < -0.39 is 11.7 Å². The van der Waals surface area contributed by atoms with Gasteiger partial charge in [0.05, 0.1) is 0 Å². The number of halogens is 3.